The third-order valence-corrected chi connectivity index (χ3v) is 4.42. The fraction of sp³-hybridized carbons (Fsp3) is 0.400. The van der Waals surface area contributed by atoms with Crippen molar-refractivity contribution in [3.63, 3.8) is 0 Å². The van der Waals surface area contributed by atoms with E-state index in [0.717, 1.165) is 5.56 Å². The monoisotopic (exact) mass is 308 g/mol. The summed E-state index contributed by atoms with van der Waals surface area (Å²) < 4.78 is 32.3. The van der Waals surface area contributed by atoms with Crippen LogP contribution < -0.4 is 4.72 Å². The van der Waals surface area contributed by atoms with Crippen LogP contribution in [0, 0.1) is 12.8 Å². The Balaban J connectivity index is 2.16. The average Bonchev–Trinajstić information content (AvgIpc) is 2.81. The minimum absolute atomic E-state index is 0.138. The summed E-state index contributed by atoms with van der Waals surface area (Å²) in [5.74, 6) is 0.276. The first-order valence-electron chi connectivity index (χ1n) is 6.84. The van der Waals surface area contributed by atoms with Gasteiger partial charge in [-0.1, -0.05) is 49.3 Å². The van der Waals surface area contributed by atoms with Crippen molar-refractivity contribution in [1.29, 1.82) is 0 Å². The molecule has 0 aliphatic rings. The van der Waals surface area contributed by atoms with E-state index in [4.69, 9.17) is 4.52 Å². The van der Waals surface area contributed by atoms with Crippen molar-refractivity contribution in [1.82, 2.24) is 9.88 Å². The number of nitrogens with one attached hydrogen (secondary N) is 1. The lowest BCUT2D eigenvalue weighted by Gasteiger charge is -2.22. The predicted molar refractivity (Wildman–Crippen MR) is 81.0 cm³/mol. The van der Waals surface area contributed by atoms with Gasteiger partial charge in [0.05, 0.1) is 5.69 Å². The average molecular weight is 308 g/mol. The second kappa shape index (κ2) is 6.41. The van der Waals surface area contributed by atoms with Crippen molar-refractivity contribution in [3.05, 3.63) is 53.4 Å². The Hall–Kier alpha value is -1.66. The molecule has 1 aromatic carbocycles. The summed E-state index contributed by atoms with van der Waals surface area (Å²) in [4.78, 5) is 0. The molecule has 0 aliphatic carbocycles. The molecule has 0 spiro atoms. The zero-order valence-electron chi connectivity index (χ0n) is 12.4. The highest BCUT2D eigenvalue weighted by Gasteiger charge is 2.23. The van der Waals surface area contributed by atoms with Gasteiger partial charge in [-0.25, -0.2) is 13.1 Å². The van der Waals surface area contributed by atoms with E-state index in [1.54, 1.807) is 13.0 Å². The lowest BCUT2D eigenvalue weighted by atomic mass is 9.97. The molecule has 2 rings (SSSR count). The largest absolute Gasteiger partial charge is 0.360 e. The second-order valence-corrected chi connectivity index (χ2v) is 7.20. The topological polar surface area (TPSA) is 72.2 Å². The van der Waals surface area contributed by atoms with E-state index in [9.17, 15) is 8.42 Å². The van der Waals surface area contributed by atoms with E-state index in [2.05, 4.69) is 9.88 Å². The van der Waals surface area contributed by atoms with E-state index in [1.165, 1.54) is 0 Å². The van der Waals surface area contributed by atoms with Gasteiger partial charge in [-0.05, 0) is 18.4 Å². The molecule has 21 heavy (non-hydrogen) atoms. The first-order valence-corrected chi connectivity index (χ1v) is 8.50. The van der Waals surface area contributed by atoms with Gasteiger partial charge >= 0.3 is 0 Å². The molecule has 0 saturated carbocycles. The number of aryl methyl sites for hydroxylation is 1. The SMILES string of the molecule is Cc1cc(CS(=O)(=O)N[C@H](c2ccccc2)C(C)C)on1. The van der Waals surface area contributed by atoms with Gasteiger partial charge in [-0.2, -0.15) is 0 Å². The summed E-state index contributed by atoms with van der Waals surface area (Å²) in [7, 11) is -3.50. The predicted octanol–water partition coefficient (Wildman–Crippen LogP) is 2.80. The van der Waals surface area contributed by atoms with Gasteiger partial charge < -0.3 is 4.52 Å². The molecule has 1 atom stereocenters. The summed E-state index contributed by atoms with van der Waals surface area (Å²) in [6.07, 6.45) is 0. The van der Waals surface area contributed by atoms with Crippen LogP contribution in [0.1, 0.15) is 36.9 Å². The summed E-state index contributed by atoms with van der Waals surface area (Å²) in [5, 5.41) is 3.71. The molecule has 2 aromatic rings. The number of nitrogens with zero attached hydrogens (tertiary/aromatic N) is 1. The van der Waals surface area contributed by atoms with Crippen LogP contribution in [0.2, 0.25) is 0 Å². The van der Waals surface area contributed by atoms with Gasteiger partial charge in [-0.3, -0.25) is 0 Å². The van der Waals surface area contributed by atoms with Gasteiger partial charge in [0.2, 0.25) is 10.0 Å². The summed E-state index contributed by atoms with van der Waals surface area (Å²) >= 11 is 0. The van der Waals surface area contributed by atoms with Crippen molar-refractivity contribution in [2.75, 3.05) is 0 Å². The van der Waals surface area contributed by atoms with Crippen LogP contribution >= 0.6 is 0 Å². The third kappa shape index (κ3) is 4.41. The highest BCUT2D eigenvalue weighted by molar-refractivity contribution is 7.88. The van der Waals surface area contributed by atoms with E-state index in [1.807, 2.05) is 44.2 Å². The Morgan fingerprint density at radius 1 is 1.24 bits per heavy atom. The first-order chi connectivity index (χ1) is 9.87. The quantitative estimate of drug-likeness (QED) is 0.890. The molecule has 0 unspecified atom stereocenters. The van der Waals surface area contributed by atoms with Gasteiger partial charge in [0, 0.05) is 12.1 Å². The molecule has 1 heterocycles. The summed E-state index contributed by atoms with van der Waals surface area (Å²) in [5.41, 5.74) is 1.62. The van der Waals surface area contributed by atoms with Crippen LogP contribution in [0.5, 0.6) is 0 Å². The van der Waals surface area contributed by atoms with Crippen molar-refractivity contribution >= 4 is 10.0 Å². The fourth-order valence-electron chi connectivity index (χ4n) is 2.16. The molecule has 0 aliphatic heterocycles. The number of hydrogen-bond donors (Lipinski definition) is 1. The van der Waals surface area contributed by atoms with Gasteiger partial charge in [0.1, 0.15) is 5.75 Å². The first kappa shape index (κ1) is 15.7. The van der Waals surface area contributed by atoms with Crippen LogP contribution in [-0.2, 0) is 15.8 Å². The number of benzene rings is 1. The maximum atomic E-state index is 12.3. The van der Waals surface area contributed by atoms with Crippen molar-refractivity contribution in [2.45, 2.75) is 32.6 Å². The lowest BCUT2D eigenvalue weighted by Crippen LogP contribution is -2.32. The molecule has 5 nitrogen and oxygen atoms in total. The number of aromatic nitrogens is 1. The fourth-order valence-corrected chi connectivity index (χ4v) is 3.55. The van der Waals surface area contributed by atoms with Crippen LogP contribution in [0.3, 0.4) is 0 Å². The van der Waals surface area contributed by atoms with E-state index in [0.29, 0.717) is 11.5 Å². The third-order valence-electron chi connectivity index (χ3n) is 3.14. The minimum Gasteiger partial charge on any atom is -0.360 e. The van der Waals surface area contributed by atoms with Crippen LogP contribution in [-0.4, -0.2) is 13.6 Å². The normalized spacial score (nSPS) is 13.5. The van der Waals surface area contributed by atoms with Crippen molar-refractivity contribution in [3.8, 4) is 0 Å². The summed E-state index contributed by atoms with van der Waals surface area (Å²) in [6, 6.07) is 10.9. The van der Waals surface area contributed by atoms with E-state index >= 15 is 0 Å². The number of sulfonamides is 1. The molecule has 0 saturated heterocycles. The molecule has 6 heteroatoms. The molecule has 0 fully saturated rings. The molecular formula is C15H20N2O3S. The Bertz CT molecular complexity index is 678. The Morgan fingerprint density at radius 2 is 1.90 bits per heavy atom. The van der Waals surface area contributed by atoms with Crippen molar-refractivity contribution < 1.29 is 12.9 Å². The van der Waals surface area contributed by atoms with Crippen molar-refractivity contribution in [2.24, 2.45) is 5.92 Å². The van der Waals surface area contributed by atoms with E-state index < -0.39 is 10.0 Å². The van der Waals surface area contributed by atoms with Crippen LogP contribution in [0.4, 0.5) is 0 Å². The summed E-state index contributed by atoms with van der Waals surface area (Å²) in [6.45, 7) is 5.73. The van der Waals surface area contributed by atoms with Gasteiger partial charge in [-0.15, -0.1) is 0 Å². The zero-order chi connectivity index (χ0) is 15.5. The maximum absolute atomic E-state index is 12.3. The molecule has 114 valence electrons. The van der Waals surface area contributed by atoms with Crippen LogP contribution in [0.25, 0.3) is 0 Å². The highest BCUT2D eigenvalue weighted by Crippen LogP contribution is 2.23. The molecule has 0 radical (unpaired) electrons. The van der Waals surface area contributed by atoms with E-state index in [-0.39, 0.29) is 17.7 Å². The smallest absolute Gasteiger partial charge is 0.219 e. The lowest BCUT2D eigenvalue weighted by molar-refractivity contribution is 0.387. The minimum atomic E-state index is -3.50. The molecule has 1 aromatic heterocycles. The van der Waals surface area contributed by atoms with Gasteiger partial charge in [0.25, 0.3) is 0 Å². The maximum Gasteiger partial charge on any atom is 0.219 e. The molecule has 0 amide bonds. The zero-order valence-corrected chi connectivity index (χ0v) is 13.2. The Kier molecular flexibility index (Phi) is 4.80. The van der Waals surface area contributed by atoms with Gasteiger partial charge in [0.15, 0.2) is 5.76 Å². The molecule has 0 bridgehead atoms. The second-order valence-electron chi connectivity index (χ2n) is 5.44. The number of rotatable bonds is 6. The Labute approximate surface area is 125 Å². The standard InChI is InChI=1S/C15H20N2O3S/c1-11(2)15(13-7-5-4-6-8-13)17-21(18,19)10-14-9-12(3)16-20-14/h4-9,11,15,17H,10H2,1-3H3/t15-/m0/s1. The molecular weight excluding hydrogens is 288 g/mol. The highest BCUT2D eigenvalue weighted by atomic mass is 32.2. The number of hydrogen-bond acceptors (Lipinski definition) is 4. The van der Waals surface area contributed by atoms with Crippen LogP contribution in [0.15, 0.2) is 40.9 Å². The molecule has 1 N–H and O–H groups in total. The Morgan fingerprint density at radius 3 is 2.43 bits per heavy atom.